The highest BCUT2D eigenvalue weighted by molar-refractivity contribution is 7.09. The quantitative estimate of drug-likeness (QED) is 0.897. The van der Waals surface area contributed by atoms with Gasteiger partial charge in [0.25, 0.3) is 5.91 Å². The van der Waals surface area contributed by atoms with Crippen LogP contribution in [0.5, 0.6) is 0 Å². The Kier molecular flexibility index (Phi) is 4.49. The highest BCUT2D eigenvalue weighted by atomic mass is 32.1. The second-order valence-electron chi connectivity index (χ2n) is 4.42. The Labute approximate surface area is 115 Å². The molecule has 1 fully saturated rings. The molecule has 1 N–H and O–H groups in total. The van der Waals surface area contributed by atoms with Gasteiger partial charge in [-0.15, -0.1) is 11.3 Å². The maximum Gasteiger partial charge on any atom is 0.323 e. The van der Waals surface area contributed by atoms with E-state index >= 15 is 0 Å². The van der Waals surface area contributed by atoms with Gasteiger partial charge in [-0.05, 0) is 19.8 Å². The van der Waals surface area contributed by atoms with Gasteiger partial charge in [0.15, 0.2) is 0 Å². The number of carboxylic acid groups (broad SMARTS) is 1. The van der Waals surface area contributed by atoms with Gasteiger partial charge >= 0.3 is 5.97 Å². The Balaban J connectivity index is 2.16. The van der Waals surface area contributed by atoms with Gasteiger partial charge < -0.3 is 14.7 Å². The number of ether oxygens (including phenoxy) is 1. The van der Waals surface area contributed by atoms with Crippen LogP contribution in [0.25, 0.3) is 0 Å². The summed E-state index contributed by atoms with van der Waals surface area (Å²) in [4.78, 5) is 28.8. The zero-order valence-electron chi connectivity index (χ0n) is 10.7. The molecule has 19 heavy (non-hydrogen) atoms. The maximum absolute atomic E-state index is 12.4. The molecule has 0 atom stereocenters. The fourth-order valence-electron chi connectivity index (χ4n) is 2.12. The molecular formula is C12H16N2O4S. The summed E-state index contributed by atoms with van der Waals surface area (Å²) in [6.07, 6.45) is 1.34. The predicted molar refractivity (Wildman–Crippen MR) is 69.4 cm³/mol. The van der Waals surface area contributed by atoms with Gasteiger partial charge in [-0.1, -0.05) is 0 Å². The van der Waals surface area contributed by atoms with Crippen LogP contribution in [0.15, 0.2) is 5.38 Å². The second kappa shape index (κ2) is 6.12. The highest BCUT2D eigenvalue weighted by Crippen LogP contribution is 2.18. The number of carbonyl (C=O) groups excluding carboxylic acids is 1. The minimum absolute atomic E-state index is 0.0839. The van der Waals surface area contributed by atoms with E-state index in [0.717, 1.165) is 5.01 Å². The summed E-state index contributed by atoms with van der Waals surface area (Å²) in [5, 5.41) is 11.4. The molecule has 0 unspecified atom stereocenters. The number of rotatable bonds is 4. The lowest BCUT2D eigenvalue weighted by Crippen LogP contribution is -2.46. The lowest BCUT2D eigenvalue weighted by atomic mass is 10.1. The number of hydrogen-bond acceptors (Lipinski definition) is 5. The van der Waals surface area contributed by atoms with Crippen molar-refractivity contribution in [3.8, 4) is 0 Å². The molecule has 7 heteroatoms. The monoisotopic (exact) mass is 284 g/mol. The molecular weight excluding hydrogens is 268 g/mol. The summed E-state index contributed by atoms with van der Waals surface area (Å²) in [6.45, 7) is 2.64. The molecule has 0 spiro atoms. The van der Waals surface area contributed by atoms with Crippen LogP contribution in [0.2, 0.25) is 0 Å². The SMILES string of the molecule is Cc1nc(C(=O)N(CC(=O)O)C2CCOCC2)cs1. The largest absolute Gasteiger partial charge is 0.480 e. The van der Waals surface area contributed by atoms with E-state index in [4.69, 9.17) is 9.84 Å². The highest BCUT2D eigenvalue weighted by Gasteiger charge is 2.29. The Morgan fingerprint density at radius 1 is 1.53 bits per heavy atom. The van der Waals surface area contributed by atoms with Gasteiger partial charge in [0.05, 0.1) is 5.01 Å². The minimum Gasteiger partial charge on any atom is -0.480 e. The molecule has 0 aliphatic carbocycles. The Hall–Kier alpha value is -1.47. The van der Waals surface area contributed by atoms with Crippen molar-refractivity contribution >= 4 is 23.2 Å². The van der Waals surface area contributed by atoms with Crippen LogP contribution in [0.3, 0.4) is 0 Å². The standard InChI is InChI=1S/C12H16N2O4S/c1-8-13-10(7-19-8)12(17)14(6-11(15)16)9-2-4-18-5-3-9/h7,9H,2-6H2,1H3,(H,15,16). The van der Waals surface area contributed by atoms with E-state index in [9.17, 15) is 9.59 Å². The van der Waals surface area contributed by atoms with Crippen LogP contribution in [-0.4, -0.2) is 52.7 Å². The van der Waals surface area contributed by atoms with Crippen molar-refractivity contribution in [1.82, 2.24) is 9.88 Å². The first-order chi connectivity index (χ1) is 9.08. The molecule has 1 aromatic rings. The van der Waals surface area contributed by atoms with Gasteiger partial charge in [-0.2, -0.15) is 0 Å². The van der Waals surface area contributed by atoms with Crippen molar-refractivity contribution in [3.63, 3.8) is 0 Å². The van der Waals surface area contributed by atoms with Gasteiger partial charge in [0, 0.05) is 24.6 Å². The molecule has 1 saturated heterocycles. The summed E-state index contributed by atoms with van der Waals surface area (Å²) in [7, 11) is 0. The molecule has 1 aromatic heterocycles. The van der Waals surface area contributed by atoms with Crippen LogP contribution in [-0.2, 0) is 9.53 Å². The van der Waals surface area contributed by atoms with Gasteiger partial charge in [-0.3, -0.25) is 9.59 Å². The molecule has 104 valence electrons. The first-order valence-electron chi connectivity index (χ1n) is 6.10. The van der Waals surface area contributed by atoms with Crippen molar-refractivity contribution in [2.75, 3.05) is 19.8 Å². The summed E-state index contributed by atoms with van der Waals surface area (Å²) in [5.74, 6) is -1.31. The molecule has 1 aliphatic heterocycles. The first-order valence-corrected chi connectivity index (χ1v) is 6.98. The average Bonchev–Trinajstić information content (AvgIpc) is 2.83. The second-order valence-corrected chi connectivity index (χ2v) is 5.48. The molecule has 0 radical (unpaired) electrons. The zero-order chi connectivity index (χ0) is 13.8. The number of carbonyl (C=O) groups is 2. The Morgan fingerprint density at radius 2 is 2.21 bits per heavy atom. The number of aromatic nitrogens is 1. The average molecular weight is 284 g/mol. The molecule has 2 heterocycles. The van der Waals surface area contributed by atoms with E-state index in [0.29, 0.717) is 31.7 Å². The predicted octanol–water partition coefficient (Wildman–Crippen LogP) is 1.16. The van der Waals surface area contributed by atoms with E-state index in [1.54, 1.807) is 5.38 Å². The zero-order valence-corrected chi connectivity index (χ0v) is 11.5. The van der Waals surface area contributed by atoms with Crippen molar-refractivity contribution < 1.29 is 19.4 Å². The van der Waals surface area contributed by atoms with Crippen LogP contribution >= 0.6 is 11.3 Å². The molecule has 2 rings (SSSR count). The first kappa shape index (κ1) is 14.0. The van der Waals surface area contributed by atoms with Crippen LogP contribution in [0.4, 0.5) is 0 Å². The van der Waals surface area contributed by atoms with Crippen LogP contribution < -0.4 is 0 Å². The van der Waals surface area contributed by atoms with E-state index in [1.807, 2.05) is 6.92 Å². The van der Waals surface area contributed by atoms with E-state index in [1.165, 1.54) is 16.2 Å². The Morgan fingerprint density at radius 3 is 2.74 bits per heavy atom. The Bertz CT molecular complexity index is 468. The third kappa shape index (κ3) is 3.51. The fraction of sp³-hybridized carbons (Fsp3) is 0.583. The van der Waals surface area contributed by atoms with Crippen molar-refractivity contribution in [3.05, 3.63) is 16.1 Å². The molecule has 0 bridgehead atoms. The van der Waals surface area contributed by atoms with Gasteiger partial charge in [0.2, 0.25) is 0 Å². The summed E-state index contributed by atoms with van der Waals surface area (Å²) >= 11 is 1.38. The van der Waals surface area contributed by atoms with Gasteiger partial charge in [-0.25, -0.2) is 4.98 Å². The smallest absolute Gasteiger partial charge is 0.323 e. The third-order valence-electron chi connectivity index (χ3n) is 3.04. The molecule has 1 amide bonds. The summed E-state index contributed by atoms with van der Waals surface area (Å²) < 4.78 is 5.25. The molecule has 0 aromatic carbocycles. The lowest BCUT2D eigenvalue weighted by molar-refractivity contribution is -0.138. The molecule has 1 aliphatic rings. The lowest BCUT2D eigenvalue weighted by Gasteiger charge is -2.32. The van der Waals surface area contributed by atoms with Crippen molar-refractivity contribution in [1.29, 1.82) is 0 Å². The number of hydrogen-bond donors (Lipinski definition) is 1. The normalized spacial score (nSPS) is 16.3. The van der Waals surface area contributed by atoms with E-state index in [-0.39, 0.29) is 18.5 Å². The van der Waals surface area contributed by atoms with Crippen LogP contribution in [0, 0.1) is 6.92 Å². The van der Waals surface area contributed by atoms with E-state index in [2.05, 4.69) is 4.98 Å². The summed E-state index contributed by atoms with van der Waals surface area (Å²) in [6, 6.07) is -0.0839. The number of aliphatic carboxylic acids is 1. The van der Waals surface area contributed by atoms with E-state index < -0.39 is 5.97 Å². The van der Waals surface area contributed by atoms with Crippen molar-refractivity contribution in [2.24, 2.45) is 0 Å². The molecule has 0 saturated carbocycles. The van der Waals surface area contributed by atoms with Gasteiger partial charge in [0.1, 0.15) is 12.2 Å². The number of aryl methyl sites for hydroxylation is 1. The number of amides is 1. The molecule has 6 nitrogen and oxygen atoms in total. The van der Waals surface area contributed by atoms with Crippen LogP contribution in [0.1, 0.15) is 28.3 Å². The number of carboxylic acids is 1. The number of thiazole rings is 1. The maximum atomic E-state index is 12.4. The fourth-order valence-corrected chi connectivity index (χ4v) is 2.70. The third-order valence-corrected chi connectivity index (χ3v) is 3.81. The number of nitrogens with zero attached hydrogens (tertiary/aromatic N) is 2. The minimum atomic E-state index is -1.01. The van der Waals surface area contributed by atoms with Crippen molar-refractivity contribution in [2.45, 2.75) is 25.8 Å². The topological polar surface area (TPSA) is 79.7 Å². The summed E-state index contributed by atoms with van der Waals surface area (Å²) in [5.41, 5.74) is 0.329.